The van der Waals surface area contributed by atoms with Gasteiger partial charge in [-0.05, 0) is 29.3 Å². The number of pyridine rings is 1. The number of anilines is 1. The summed E-state index contributed by atoms with van der Waals surface area (Å²) in [6.07, 6.45) is 3.43. The van der Waals surface area contributed by atoms with Crippen LogP contribution in [-0.2, 0) is 4.74 Å². The molecule has 5 rings (SSSR count). The van der Waals surface area contributed by atoms with Crippen molar-refractivity contribution in [2.75, 3.05) is 31.2 Å². The third-order valence-electron chi connectivity index (χ3n) is 5.34. The second kappa shape index (κ2) is 8.00. The second-order valence-corrected chi connectivity index (χ2v) is 7.25. The number of aliphatic imine (C=N–C) groups is 1. The van der Waals surface area contributed by atoms with Crippen LogP contribution >= 0.6 is 0 Å². The van der Waals surface area contributed by atoms with Gasteiger partial charge in [0.25, 0.3) is 0 Å². The quantitative estimate of drug-likeness (QED) is 0.496. The lowest BCUT2D eigenvalue weighted by molar-refractivity contribution is 0.122. The van der Waals surface area contributed by atoms with Gasteiger partial charge in [0, 0.05) is 30.2 Å². The van der Waals surface area contributed by atoms with Crippen molar-refractivity contribution in [1.29, 1.82) is 0 Å². The highest BCUT2D eigenvalue weighted by molar-refractivity contribution is 6.03. The summed E-state index contributed by atoms with van der Waals surface area (Å²) in [6.45, 7) is 3.16. The lowest BCUT2D eigenvalue weighted by atomic mass is 10.0. The van der Waals surface area contributed by atoms with Gasteiger partial charge in [0.2, 0.25) is 0 Å². The molecule has 30 heavy (non-hydrogen) atoms. The molecule has 0 aliphatic carbocycles. The fourth-order valence-electron chi connectivity index (χ4n) is 3.72. The van der Waals surface area contributed by atoms with Crippen molar-refractivity contribution < 1.29 is 9.84 Å². The Balaban J connectivity index is 1.39. The molecule has 1 aliphatic heterocycles. The number of rotatable bonds is 4. The summed E-state index contributed by atoms with van der Waals surface area (Å²) >= 11 is 0. The van der Waals surface area contributed by atoms with Gasteiger partial charge in [0.05, 0.1) is 30.7 Å². The van der Waals surface area contributed by atoms with E-state index in [4.69, 9.17) is 4.74 Å². The molecule has 2 aromatic carbocycles. The molecule has 2 aromatic heterocycles. The van der Waals surface area contributed by atoms with Crippen LogP contribution in [-0.4, -0.2) is 47.6 Å². The van der Waals surface area contributed by atoms with Crippen molar-refractivity contribution in [2.24, 2.45) is 4.99 Å². The number of nitrogens with one attached hydrogen (secondary N) is 1. The number of hydrogen-bond donors (Lipinski definition) is 2. The largest absolute Gasteiger partial charge is 0.494 e. The number of benzene rings is 2. The van der Waals surface area contributed by atoms with Crippen molar-refractivity contribution in [3.8, 4) is 17.0 Å². The Hall–Kier alpha value is -3.64. The van der Waals surface area contributed by atoms with E-state index in [-0.39, 0.29) is 5.88 Å². The average Bonchev–Trinajstić information content (AvgIpc) is 3.13. The van der Waals surface area contributed by atoms with Crippen LogP contribution in [0.3, 0.4) is 0 Å². The van der Waals surface area contributed by atoms with Crippen LogP contribution in [0.5, 0.6) is 5.88 Å². The Labute approximate surface area is 174 Å². The van der Waals surface area contributed by atoms with Gasteiger partial charge >= 0.3 is 0 Å². The number of morpholine rings is 1. The molecule has 0 atom stereocenters. The molecule has 2 N–H and O–H groups in total. The maximum atomic E-state index is 10.4. The van der Waals surface area contributed by atoms with E-state index < -0.39 is 0 Å². The zero-order chi connectivity index (χ0) is 20.3. The highest BCUT2D eigenvalue weighted by atomic mass is 16.5. The molecule has 0 unspecified atom stereocenters. The van der Waals surface area contributed by atoms with Crippen LogP contribution in [0, 0.1) is 0 Å². The maximum absolute atomic E-state index is 10.4. The summed E-state index contributed by atoms with van der Waals surface area (Å²) in [7, 11) is 0. The van der Waals surface area contributed by atoms with Crippen LogP contribution in [0.25, 0.3) is 22.0 Å². The molecule has 0 saturated carbocycles. The topological polar surface area (TPSA) is 73.7 Å². The highest BCUT2D eigenvalue weighted by Gasteiger charge is 2.12. The Kier molecular flexibility index (Phi) is 4.91. The molecule has 0 spiro atoms. The van der Waals surface area contributed by atoms with E-state index in [0.717, 1.165) is 59.8 Å². The van der Waals surface area contributed by atoms with Gasteiger partial charge in [-0.3, -0.25) is 4.99 Å². The number of hydrogen-bond acceptors (Lipinski definition) is 5. The van der Waals surface area contributed by atoms with Crippen molar-refractivity contribution in [3.05, 3.63) is 72.4 Å². The summed E-state index contributed by atoms with van der Waals surface area (Å²) in [5.41, 5.74) is 4.51. The average molecular weight is 398 g/mol. The minimum atomic E-state index is 0.108. The number of aromatic amines is 1. The van der Waals surface area contributed by atoms with E-state index >= 15 is 0 Å². The molecule has 6 heteroatoms. The molecule has 0 radical (unpaired) electrons. The number of aromatic hydroxyl groups is 1. The van der Waals surface area contributed by atoms with Gasteiger partial charge in [-0.2, -0.15) is 0 Å². The van der Waals surface area contributed by atoms with Gasteiger partial charge < -0.3 is 19.7 Å². The number of nitrogens with zero attached hydrogens (tertiary/aromatic N) is 3. The summed E-state index contributed by atoms with van der Waals surface area (Å²) in [4.78, 5) is 14.3. The Morgan fingerprint density at radius 2 is 1.83 bits per heavy atom. The third kappa shape index (κ3) is 3.65. The second-order valence-electron chi connectivity index (χ2n) is 7.25. The minimum absolute atomic E-state index is 0.108. The standard InChI is InChI=1S/C24H22N4O2/c29-24-21(16-25-19-7-9-23(26-15-19)28-10-12-30-13-11-28)20-8-6-18(14-22(20)27-24)17-4-2-1-3-5-17/h1-9,14-16,27,29H,10-13H2. The van der Waals surface area contributed by atoms with Crippen LogP contribution in [0.2, 0.25) is 0 Å². The smallest absolute Gasteiger partial charge is 0.198 e. The Morgan fingerprint density at radius 3 is 2.60 bits per heavy atom. The van der Waals surface area contributed by atoms with E-state index in [1.807, 2.05) is 42.5 Å². The number of H-pyrrole nitrogens is 1. The Bertz CT molecular complexity index is 1180. The summed E-state index contributed by atoms with van der Waals surface area (Å²) in [5.74, 6) is 1.04. The van der Waals surface area contributed by atoms with E-state index in [1.54, 1.807) is 12.4 Å². The molecule has 0 bridgehead atoms. The van der Waals surface area contributed by atoms with Crippen LogP contribution in [0.4, 0.5) is 11.5 Å². The summed E-state index contributed by atoms with van der Waals surface area (Å²) < 4.78 is 5.38. The van der Waals surface area contributed by atoms with E-state index in [0.29, 0.717) is 5.56 Å². The first kappa shape index (κ1) is 18.4. The van der Waals surface area contributed by atoms with Crippen molar-refractivity contribution in [3.63, 3.8) is 0 Å². The van der Waals surface area contributed by atoms with Gasteiger partial charge in [-0.25, -0.2) is 4.98 Å². The van der Waals surface area contributed by atoms with E-state index in [2.05, 4.69) is 38.1 Å². The third-order valence-corrected chi connectivity index (χ3v) is 5.34. The number of ether oxygens (including phenoxy) is 1. The summed E-state index contributed by atoms with van der Waals surface area (Å²) in [6, 6.07) is 20.2. The number of fused-ring (bicyclic) bond motifs is 1. The highest BCUT2D eigenvalue weighted by Crippen LogP contribution is 2.30. The fourth-order valence-corrected chi connectivity index (χ4v) is 3.72. The molecule has 1 fully saturated rings. The molecular weight excluding hydrogens is 376 g/mol. The van der Waals surface area contributed by atoms with Gasteiger partial charge in [0.15, 0.2) is 5.88 Å². The molecule has 4 aromatic rings. The van der Waals surface area contributed by atoms with Crippen LogP contribution < -0.4 is 4.90 Å². The first-order chi connectivity index (χ1) is 14.8. The van der Waals surface area contributed by atoms with Crippen LogP contribution in [0.1, 0.15) is 5.56 Å². The van der Waals surface area contributed by atoms with E-state index in [1.165, 1.54) is 0 Å². The maximum Gasteiger partial charge on any atom is 0.198 e. The van der Waals surface area contributed by atoms with Crippen molar-refractivity contribution >= 4 is 28.6 Å². The van der Waals surface area contributed by atoms with Gasteiger partial charge in [-0.15, -0.1) is 0 Å². The monoisotopic (exact) mass is 398 g/mol. The first-order valence-corrected chi connectivity index (χ1v) is 10.0. The Morgan fingerprint density at radius 1 is 1.00 bits per heavy atom. The first-order valence-electron chi connectivity index (χ1n) is 10.0. The van der Waals surface area contributed by atoms with Gasteiger partial charge in [0.1, 0.15) is 5.82 Å². The molecule has 1 saturated heterocycles. The van der Waals surface area contributed by atoms with Crippen molar-refractivity contribution in [2.45, 2.75) is 0 Å². The van der Waals surface area contributed by atoms with Gasteiger partial charge in [-0.1, -0.05) is 42.5 Å². The normalized spacial score (nSPS) is 14.6. The lowest BCUT2D eigenvalue weighted by Gasteiger charge is -2.27. The fraction of sp³-hybridized carbons (Fsp3) is 0.167. The SMILES string of the molecule is Oc1[nH]c2cc(-c3ccccc3)ccc2c1C=Nc1ccc(N2CCOCC2)nc1. The zero-order valence-corrected chi connectivity index (χ0v) is 16.5. The lowest BCUT2D eigenvalue weighted by Crippen LogP contribution is -2.36. The molecule has 6 nitrogen and oxygen atoms in total. The summed E-state index contributed by atoms with van der Waals surface area (Å²) in [5, 5.41) is 11.3. The predicted molar refractivity (Wildman–Crippen MR) is 120 cm³/mol. The van der Waals surface area contributed by atoms with E-state index in [9.17, 15) is 5.11 Å². The van der Waals surface area contributed by atoms with Crippen molar-refractivity contribution in [1.82, 2.24) is 9.97 Å². The molecule has 3 heterocycles. The zero-order valence-electron chi connectivity index (χ0n) is 16.5. The molecular formula is C24H22N4O2. The van der Waals surface area contributed by atoms with Crippen LogP contribution in [0.15, 0.2) is 71.9 Å². The minimum Gasteiger partial charge on any atom is -0.494 e. The molecule has 0 amide bonds. The molecule has 150 valence electrons. The predicted octanol–water partition coefficient (Wildman–Crippen LogP) is 4.52. The molecule has 1 aliphatic rings. The number of aromatic nitrogens is 2.